The fourth-order valence-corrected chi connectivity index (χ4v) is 9.08. The predicted molar refractivity (Wildman–Crippen MR) is 125 cm³/mol. The Balaban J connectivity index is 1.25. The van der Waals surface area contributed by atoms with E-state index in [2.05, 4.69) is 11.8 Å². The average molecular weight is 463 g/mol. The van der Waals surface area contributed by atoms with Crippen molar-refractivity contribution < 1.29 is 19.1 Å². The van der Waals surface area contributed by atoms with Crippen LogP contribution in [0.1, 0.15) is 72.1 Å². The zero-order valence-electron chi connectivity index (χ0n) is 20.8. The molecule has 0 radical (unpaired) electrons. The van der Waals surface area contributed by atoms with Crippen molar-refractivity contribution in [3.63, 3.8) is 0 Å². The van der Waals surface area contributed by atoms with Crippen molar-refractivity contribution in [2.75, 3.05) is 32.7 Å². The lowest BCUT2D eigenvalue weighted by Gasteiger charge is -2.57. The minimum atomic E-state index is -0.808. The highest BCUT2D eigenvalue weighted by atomic mass is 19.1. The van der Waals surface area contributed by atoms with Crippen LogP contribution in [0, 0.1) is 40.9 Å². The van der Waals surface area contributed by atoms with Crippen LogP contribution in [0.2, 0.25) is 0 Å². The van der Waals surface area contributed by atoms with Crippen LogP contribution in [0.3, 0.4) is 0 Å². The number of rotatable bonds is 3. The van der Waals surface area contributed by atoms with Crippen LogP contribution in [0.25, 0.3) is 0 Å². The van der Waals surface area contributed by atoms with Crippen molar-refractivity contribution in [1.29, 1.82) is 0 Å². The maximum atomic E-state index is 15.5. The zero-order valence-corrected chi connectivity index (χ0v) is 20.8. The number of amides is 1. The van der Waals surface area contributed by atoms with Gasteiger partial charge in [0, 0.05) is 39.0 Å². The molecule has 0 aromatic carbocycles. The number of alkyl halides is 1. The van der Waals surface area contributed by atoms with Gasteiger partial charge in [0.05, 0.1) is 12.1 Å². The van der Waals surface area contributed by atoms with Crippen molar-refractivity contribution in [2.45, 2.75) is 83.9 Å². The highest BCUT2D eigenvalue weighted by Gasteiger charge is 2.60. The topological polar surface area (TPSA) is 60.9 Å². The van der Waals surface area contributed by atoms with E-state index in [0.717, 1.165) is 51.6 Å². The van der Waals surface area contributed by atoms with Gasteiger partial charge in [0.15, 0.2) is 0 Å². The number of Topliss-reactive ketones (excluding diaryl/α,β-unsaturated/α-hetero) is 1. The first-order valence-corrected chi connectivity index (χ1v) is 13.5. The Hall–Kier alpha value is -1.01. The van der Waals surface area contributed by atoms with Gasteiger partial charge in [-0.25, -0.2) is 4.39 Å². The first-order valence-electron chi connectivity index (χ1n) is 13.5. The van der Waals surface area contributed by atoms with Crippen LogP contribution in [0.4, 0.5) is 4.39 Å². The van der Waals surface area contributed by atoms with Gasteiger partial charge in [-0.1, -0.05) is 6.92 Å². The van der Waals surface area contributed by atoms with E-state index in [9.17, 15) is 14.7 Å². The summed E-state index contributed by atoms with van der Waals surface area (Å²) in [6.07, 6.45) is 6.42. The van der Waals surface area contributed by atoms with Crippen LogP contribution in [0.5, 0.6) is 0 Å². The van der Waals surface area contributed by atoms with Crippen LogP contribution in [-0.4, -0.2) is 71.1 Å². The Morgan fingerprint density at radius 1 is 0.939 bits per heavy atom. The van der Waals surface area contributed by atoms with Gasteiger partial charge in [0.25, 0.3) is 0 Å². The van der Waals surface area contributed by atoms with E-state index in [1.807, 2.05) is 11.8 Å². The van der Waals surface area contributed by atoms with Crippen molar-refractivity contribution in [3.8, 4) is 0 Å². The molecule has 1 heterocycles. The Labute approximate surface area is 198 Å². The fourth-order valence-electron chi connectivity index (χ4n) is 9.08. The van der Waals surface area contributed by atoms with Crippen molar-refractivity contribution in [1.82, 2.24) is 9.80 Å². The maximum Gasteiger partial charge on any atom is 0.219 e. The molecule has 1 amide bonds. The molecule has 0 bridgehead atoms. The molecule has 1 saturated heterocycles. The number of carbonyl (C=O) groups is 2. The summed E-state index contributed by atoms with van der Waals surface area (Å²) in [4.78, 5) is 29.2. The first kappa shape index (κ1) is 23.7. The second kappa shape index (κ2) is 8.58. The van der Waals surface area contributed by atoms with E-state index >= 15 is 4.39 Å². The van der Waals surface area contributed by atoms with Crippen LogP contribution >= 0.6 is 0 Å². The van der Waals surface area contributed by atoms with E-state index in [1.165, 1.54) is 0 Å². The molecule has 1 N–H and O–H groups in total. The van der Waals surface area contributed by atoms with Crippen molar-refractivity contribution in [3.05, 3.63) is 0 Å². The standard InChI is InChI=1S/C27H43FN2O3/c1-17(31)30-12-10-29(11-13-30)16-25(32)23-5-4-22-20-14-24(28)21-15-26(2,33)8-6-19(21)18(20)7-9-27(22,23)3/h18-24,33H,4-16H2,1-3H3/t18-,19-,20-,21+,22+,23-,24-,26-,27+/m1/s1. The Morgan fingerprint density at radius 2 is 1.61 bits per heavy atom. The number of ketones is 1. The Morgan fingerprint density at radius 3 is 2.30 bits per heavy atom. The predicted octanol–water partition coefficient (Wildman–Crippen LogP) is 3.69. The minimum Gasteiger partial charge on any atom is -0.390 e. The van der Waals surface area contributed by atoms with Crippen LogP contribution in [0.15, 0.2) is 0 Å². The summed E-state index contributed by atoms with van der Waals surface area (Å²) in [5.41, 5.74) is -0.700. The summed E-state index contributed by atoms with van der Waals surface area (Å²) in [5, 5.41) is 10.6. The monoisotopic (exact) mass is 462 g/mol. The molecule has 0 aromatic rings. The largest absolute Gasteiger partial charge is 0.390 e. The molecule has 33 heavy (non-hydrogen) atoms. The second-order valence-electron chi connectivity index (χ2n) is 12.7. The summed E-state index contributed by atoms with van der Waals surface area (Å²) in [6, 6.07) is 0. The van der Waals surface area contributed by atoms with Gasteiger partial charge < -0.3 is 10.0 Å². The van der Waals surface area contributed by atoms with Gasteiger partial charge >= 0.3 is 0 Å². The highest BCUT2D eigenvalue weighted by molar-refractivity contribution is 5.84. The molecule has 186 valence electrons. The third-order valence-corrected chi connectivity index (χ3v) is 10.8. The lowest BCUT2D eigenvalue weighted by molar-refractivity contribution is -0.140. The van der Waals surface area contributed by atoms with Gasteiger partial charge in [0.2, 0.25) is 5.91 Å². The lowest BCUT2D eigenvalue weighted by atomic mass is 9.48. The third-order valence-electron chi connectivity index (χ3n) is 10.8. The second-order valence-corrected chi connectivity index (χ2v) is 12.7. The molecule has 0 aromatic heterocycles. The summed E-state index contributed by atoms with van der Waals surface area (Å²) in [5.74, 6) is 2.45. The summed E-state index contributed by atoms with van der Waals surface area (Å²) in [6.45, 7) is 9.31. The molecule has 5 fully saturated rings. The number of hydrogen-bond acceptors (Lipinski definition) is 4. The smallest absolute Gasteiger partial charge is 0.219 e. The molecular weight excluding hydrogens is 419 g/mol. The van der Waals surface area contributed by atoms with Crippen molar-refractivity contribution in [2.24, 2.45) is 40.9 Å². The number of piperazine rings is 1. The number of fused-ring (bicyclic) bond motifs is 5. The quantitative estimate of drug-likeness (QED) is 0.695. The molecule has 6 heteroatoms. The molecule has 5 nitrogen and oxygen atoms in total. The lowest BCUT2D eigenvalue weighted by Crippen LogP contribution is -2.55. The van der Waals surface area contributed by atoms with E-state index in [1.54, 1.807) is 6.92 Å². The number of nitrogens with zero attached hydrogens (tertiary/aromatic N) is 2. The summed E-state index contributed by atoms with van der Waals surface area (Å²) >= 11 is 0. The Bertz CT molecular complexity index is 779. The molecular formula is C27H43FN2O3. The number of aliphatic hydroxyl groups is 1. The highest BCUT2D eigenvalue weighted by Crippen LogP contribution is 2.65. The fraction of sp³-hybridized carbons (Fsp3) is 0.926. The SMILES string of the molecule is CC(=O)N1CCN(CC(=O)[C@H]2CC[C@H]3[C@@H]4C[C@@H](F)[C@H]5C[C@](C)(O)CC[C@@H]5[C@H]4CC[C@]23C)CC1. The van der Waals surface area contributed by atoms with E-state index in [4.69, 9.17) is 0 Å². The summed E-state index contributed by atoms with van der Waals surface area (Å²) < 4.78 is 15.5. The van der Waals surface area contributed by atoms with Gasteiger partial charge in [-0.15, -0.1) is 0 Å². The Kier molecular flexibility index (Phi) is 6.17. The average Bonchev–Trinajstić information content (AvgIpc) is 3.11. The van der Waals surface area contributed by atoms with E-state index in [-0.39, 0.29) is 23.2 Å². The number of carbonyl (C=O) groups excluding carboxylic acids is 2. The third kappa shape index (κ3) is 4.17. The maximum absolute atomic E-state index is 15.5. The van der Waals surface area contributed by atoms with Crippen LogP contribution < -0.4 is 0 Å². The van der Waals surface area contributed by atoms with E-state index < -0.39 is 11.8 Å². The molecule has 5 rings (SSSR count). The zero-order chi connectivity index (χ0) is 23.5. The van der Waals surface area contributed by atoms with Gasteiger partial charge in [0.1, 0.15) is 12.0 Å². The molecule has 5 aliphatic rings. The van der Waals surface area contributed by atoms with Gasteiger partial charge in [-0.05, 0) is 93.3 Å². The van der Waals surface area contributed by atoms with E-state index in [0.29, 0.717) is 61.9 Å². The first-order chi connectivity index (χ1) is 15.6. The molecule has 4 saturated carbocycles. The number of hydrogen-bond donors (Lipinski definition) is 1. The molecule has 9 atom stereocenters. The molecule has 0 unspecified atom stereocenters. The number of halogens is 1. The van der Waals surface area contributed by atoms with Gasteiger partial charge in [-0.2, -0.15) is 0 Å². The van der Waals surface area contributed by atoms with Gasteiger partial charge in [-0.3, -0.25) is 14.5 Å². The normalized spacial score (nSPS) is 48.0. The molecule has 1 aliphatic heterocycles. The molecule has 0 spiro atoms. The van der Waals surface area contributed by atoms with Crippen molar-refractivity contribution >= 4 is 11.7 Å². The van der Waals surface area contributed by atoms with Crippen LogP contribution in [-0.2, 0) is 9.59 Å². The minimum absolute atomic E-state index is 0.00612. The summed E-state index contributed by atoms with van der Waals surface area (Å²) in [7, 11) is 0. The molecule has 4 aliphatic carbocycles.